The minimum Gasteiger partial charge on any atom is -0.471 e. The summed E-state index contributed by atoms with van der Waals surface area (Å²) in [5.74, 6) is -2.63. The third-order valence-corrected chi connectivity index (χ3v) is 6.81. The first-order valence-corrected chi connectivity index (χ1v) is 12.4. The quantitative estimate of drug-likeness (QED) is 0.142. The topological polar surface area (TPSA) is 181 Å². The highest BCUT2D eigenvalue weighted by atomic mass is 16.8. The molecule has 0 aliphatic carbocycles. The Bertz CT molecular complexity index is 954. The van der Waals surface area contributed by atoms with Crippen LogP contribution >= 0.6 is 0 Å². The van der Waals surface area contributed by atoms with E-state index in [0.29, 0.717) is 18.4 Å². The number of hydrogen-bond acceptors (Lipinski definition) is 12. The summed E-state index contributed by atoms with van der Waals surface area (Å²) in [6.07, 6.45) is -2.41. The molecular formula is C26H36O12. The van der Waals surface area contributed by atoms with E-state index in [4.69, 9.17) is 28.8 Å². The minimum atomic E-state index is -1.64. The molecule has 0 saturated carbocycles. The van der Waals surface area contributed by atoms with Gasteiger partial charge < -0.3 is 49.2 Å². The molecule has 0 aromatic heterocycles. The van der Waals surface area contributed by atoms with Crippen LogP contribution in [0.15, 0.2) is 47.8 Å². The van der Waals surface area contributed by atoms with Gasteiger partial charge in [0.1, 0.15) is 24.4 Å². The highest BCUT2D eigenvalue weighted by molar-refractivity contribution is 5.91. The standard InChI is InChI=1S/C26H36O12/c1-4-15-16-10-19(36-23(32)14(3)7-5-6-13(2)8-9-27)37-24(33)17(16)12-34-25(15)38-26-22(31)21(30)20(29)18(11-28)35-26/h4,7-8,12,15-16,18-22,25-31H,1,5-6,9-11H2,2-3H3/b13-8+,14-7+/t15-,16+,18-,19-,20-,21+,22-,25+,26+/m1/s1. The lowest BCUT2D eigenvalue weighted by Crippen LogP contribution is -2.60. The van der Waals surface area contributed by atoms with Crippen LogP contribution in [0.3, 0.4) is 0 Å². The van der Waals surface area contributed by atoms with Crippen molar-refractivity contribution in [2.75, 3.05) is 13.2 Å². The largest absolute Gasteiger partial charge is 0.471 e. The minimum absolute atomic E-state index is 0.0492. The van der Waals surface area contributed by atoms with Gasteiger partial charge in [-0.25, -0.2) is 9.59 Å². The highest BCUT2D eigenvalue weighted by Gasteiger charge is 2.49. The average molecular weight is 541 g/mol. The fourth-order valence-corrected chi connectivity index (χ4v) is 4.49. The number of aliphatic hydroxyl groups is 5. The normalized spacial score (nSPS) is 35.9. The molecule has 0 radical (unpaired) electrons. The number of cyclic esters (lactones) is 1. The number of allylic oxidation sites excluding steroid dienone is 2. The highest BCUT2D eigenvalue weighted by Crippen LogP contribution is 2.40. The summed E-state index contributed by atoms with van der Waals surface area (Å²) in [7, 11) is 0. The number of hydrogen-bond donors (Lipinski definition) is 5. The number of ether oxygens (including phenoxy) is 5. The van der Waals surface area contributed by atoms with Crippen LogP contribution < -0.4 is 0 Å². The summed E-state index contributed by atoms with van der Waals surface area (Å²) in [6.45, 7) is 6.58. The van der Waals surface area contributed by atoms with Gasteiger partial charge in [-0.05, 0) is 26.7 Å². The summed E-state index contributed by atoms with van der Waals surface area (Å²) in [6, 6.07) is 0. The van der Waals surface area contributed by atoms with E-state index in [-0.39, 0.29) is 18.6 Å². The fourth-order valence-electron chi connectivity index (χ4n) is 4.49. The number of esters is 2. The van der Waals surface area contributed by atoms with Crippen LogP contribution in [0.25, 0.3) is 0 Å². The van der Waals surface area contributed by atoms with Gasteiger partial charge in [-0.2, -0.15) is 0 Å². The van der Waals surface area contributed by atoms with Crippen LogP contribution in [0.1, 0.15) is 33.1 Å². The first-order valence-electron chi connectivity index (χ1n) is 12.4. The van der Waals surface area contributed by atoms with Crippen molar-refractivity contribution >= 4 is 11.9 Å². The molecule has 12 nitrogen and oxygen atoms in total. The second kappa shape index (κ2) is 13.5. The van der Waals surface area contributed by atoms with Crippen LogP contribution in [0.5, 0.6) is 0 Å². The monoisotopic (exact) mass is 540 g/mol. The Morgan fingerprint density at radius 3 is 2.53 bits per heavy atom. The molecule has 3 heterocycles. The van der Waals surface area contributed by atoms with Crippen molar-refractivity contribution in [3.05, 3.63) is 47.8 Å². The van der Waals surface area contributed by atoms with Crippen molar-refractivity contribution < 1.29 is 58.8 Å². The molecule has 12 heteroatoms. The summed E-state index contributed by atoms with van der Waals surface area (Å²) in [5, 5.41) is 48.7. The molecule has 0 bridgehead atoms. The maximum atomic E-state index is 12.6. The van der Waals surface area contributed by atoms with Crippen LogP contribution in [0.2, 0.25) is 0 Å². The van der Waals surface area contributed by atoms with Gasteiger partial charge in [0, 0.05) is 23.8 Å². The van der Waals surface area contributed by atoms with E-state index >= 15 is 0 Å². The Kier molecular flexibility index (Phi) is 10.6. The predicted molar refractivity (Wildman–Crippen MR) is 129 cm³/mol. The van der Waals surface area contributed by atoms with Crippen LogP contribution in [-0.4, -0.2) is 94.0 Å². The smallest absolute Gasteiger partial charge is 0.340 e. The van der Waals surface area contributed by atoms with Gasteiger partial charge in [0.15, 0.2) is 6.29 Å². The van der Waals surface area contributed by atoms with Crippen LogP contribution in [0, 0.1) is 11.8 Å². The van der Waals surface area contributed by atoms with E-state index in [1.54, 1.807) is 19.1 Å². The molecule has 0 unspecified atom stereocenters. The first kappa shape index (κ1) is 30.0. The lowest BCUT2D eigenvalue weighted by Gasteiger charge is -2.44. The van der Waals surface area contributed by atoms with Gasteiger partial charge in [0.05, 0.1) is 25.0 Å². The van der Waals surface area contributed by atoms with E-state index in [0.717, 1.165) is 11.8 Å². The molecule has 212 valence electrons. The number of rotatable bonds is 10. The lowest BCUT2D eigenvalue weighted by molar-refractivity contribution is -0.340. The van der Waals surface area contributed by atoms with Crippen LogP contribution in [0.4, 0.5) is 0 Å². The average Bonchev–Trinajstić information content (AvgIpc) is 2.88. The second-order valence-electron chi connectivity index (χ2n) is 9.47. The van der Waals surface area contributed by atoms with Crippen molar-refractivity contribution in [3.63, 3.8) is 0 Å². The van der Waals surface area contributed by atoms with E-state index in [9.17, 15) is 30.0 Å². The zero-order valence-corrected chi connectivity index (χ0v) is 21.3. The molecule has 2 saturated heterocycles. The van der Waals surface area contributed by atoms with Crippen molar-refractivity contribution in [2.45, 2.75) is 76.4 Å². The Hall–Kier alpha value is -2.58. The summed E-state index contributed by atoms with van der Waals surface area (Å²) in [4.78, 5) is 25.2. The number of carbonyl (C=O) groups excluding carboxylic acids is 2. The number of aliphatic hydroxyl groups excluding tert-OH is 5. The molecule has 5 N–H and O–H groups in total. The summed E-state index contributed by atoms with van der Waals surface area (Å²) >= 11 is 0. The molecule has 0 aromatic rings. The predicted octanol–water partition coefficient (Wildman–Crippen LogP) is -0.0572. The zero-order chi connectivity index (χ0) is 28.0. The Balaban J connectivity index is 1.66. The van der Waals surface area contributed by atoms with Crippen LogP contribution in [-0.2, 0) is 33.3 Å². The summed E-state index contributed by atoms with van der Waals surface area (Å²) in [5.41, 5.74) is 1.52. The Morgan fingerprint density at radius 2 is 1.87 bits per heavy atom. The zero-order valence-electron chi connectivity index (χ0n) is 21.3. The van der Waals surface area contributed by atoms with Gasteiger partial charge >= 0.3 is 11.9 Å². The number of fused-ring (bicyclic) bond motifs is 1. The molecule has 0 aromatic carbocycles. The summed E-state index contributed by atoms with van der Waals surface area (Å²) < 4.78 is 27.4. The molecule has 2 fully saturated rings. The van der Waals surface area contributed by atoms with Crippen molar-refractivity contribution in [1.29, 1.82) is 0 Å². The molecule has 38 heavy (non-hydrogen) atoms. The molecule has 3 rings (SSSR count). The molecule has 3 aliphatic heterocycles. The van der Waals surface area contributed by atoms with Gasteiger partial charge in [-0.3, -0.25) is 0 Å². The number of carbonyl (C=O) groups is 2. The fraction of sp³-hybridized carbons (Fsp3) is 0.615. The SMILES string of the molecule is C=C[C@H]1[C@H](O[C@@H]2O[C@H](CO)[C@@H](O)[C@H](O)[C@H]2O)OC=C2C(=O)O[C@@H](OC(=O)/C(C)=C/CC/C(C)=C/CO)C[C@H]21. The molecular weight excluding hydrogens is 504 g/mol. The van der Waals surface area contributed by atoms with Crippen molar-refractivity contribution in [3.8, 4) is 0 Å². The third kappa shape index (κ3) is 6.89. The molecule has 3 aliphatic rings. The van der Waals surface area contributed by atoms with Crippen molar-refractivity contribution in [2.24, 2.45) is 11.8 Å². The lowest BCUT2D eigenvalue weighted by atomic mass is 9.80. The van der Waals surface area contributed by atoms with Gasteiger partial charge in [0.25, 0.3) is 0 Å². The third-order valence-electron chi connectivity index (χ3n) is 6.81. The van der Waals surface area contributed by atoms with E-state index in [2.05, 4.69) is 6.58 Å². The van der Waals surface area contributed by atoms with E-state index in [1.165, 1.54) is 6.08 Å². The second-order valence-corrected chi connectivity index (χ2v) is 9.47. The van der Waals surface area contributed by atoms with Crippen molar-refractivity contribution in [1.82, 2.24) is 0 Å². The van der Waals surface area contributed by atoms with Gasteiger partial charge in [-0.1, -0.05) is 23.8 Å². The molecule has 0 spiro atoms. The van der Waals surface area contributed by atoms with Gasteiger partial charge in [0.2, 0.25) is 12.6 Å². The first-order chi connectivity index (χ1) is 18.1. The van der Waals surface area contributed by atoms with E-state index in [1.807, 2.05) is 6.92 Å². The van der Waals surface area contributed by atoms with E-state index < -0.39 is 73.7 Å². The Morgan fingerprint density at radius 1 is 1.13 bits per heavy atom. The maximum Gasteiger partial charge on any atom is 0.340 e. The van der Waals surface area contributed by atoms with Gasteiger partial charge in [-0.15, -0.1) is 6.58 Å². The Labute approximate surface area is 220 Å². The molecule has 0 amide bonds. The molecule has 9 atom stereocenters. The maximum absolute atomic E-state index is 12.6.